The zero-order valence-electron chi connectivity index (χ0n) is 13.2. The minimum Gasteiger partial charge on any atom is -0.496 e. The molecular formula is C16H22F2N2O2. The van der Waals surface area contributed by atoms with E-state index in [0.29, 0.717) is 18.5 Å². The number of amides is 1. The third-order valence-corrected chi connectivity index (χ3v) is 4.10. The summed E-state index contributed by atoms with van der Waals surface area (Å²) in [7, 11) is 1.32. The molecule has 0 aliphatic carbocycles. The number of likely N-dealkylation sites (tertiary alicyclic amines) is 1. The first-order chi connectivity index (χ1) is 10.4. The second-order valence-electron chi connectivity index (χ2n) is 5.89. The number of halogens is 2. The Morgan fingerprint density at radius 2 is 2.18 bits per heavy atom. The second kappa shape index (κ2) is 7.05. The average Bonchev–Trinajstić information content (AvgIpc) is 2.96. The van der Waals surface area contributed by atoms with Gasteiger partial charge in [-0.2, -0.15) is 0 Å². The first kappa shape index (κ1) is 16.7. The van der Waals surface area contributed by atoms with Gasteiger partial charge in [-0.05, 0) is 44.9 Å². The van der Waals surface area contributed by atoms with E-state index < -0.39 is 17.5 Å². The third kappa shape index (κ3) is 3.55. The van der Waals surface area contributed by atoms with Crippen molar-refractivity contribution in [3.05, 3.63) is 29.3 Å². The van der Waals surface area contributed by atoms with Crippen molar-refractivity contribution in [2.24, 2.45) is 5.92 Å². The number of hydrogen-bond donors (Lipinski definition) is 1. The lowest BCUT2D eigenvalue weighted by Crippen LogP contribution is -2.33. The molecule has 2 rings (SSSR count). The van der Waals surface area contributed by atoms with Gasteiger partial charge in [0.2, 0.25) is 0 Å². The summed E-state index contributed by atoms with van der Waals surface area (Å²) in [5.74, 6) is -2.51. The maximum Gasteiger partial charge on any atom is 0.258 e. The molecule has 6 heteroatoms. The van der Waals surface area contributed by atoms with Crippen LogP contribution in [0, 0.1) is 17.6 Å². The van der Waals surface area contributed by atoms with Gasteiger partial charge in [-0.25, -0.2) is 8.78 Å². The largest absolute Gasteiger partial charge is 0.496 e. The minimum absolute atomic E-state index is 0.0339. The van der Waals surface area contributed by atoms with Crippen LogP contribution < -0.4 is 10.1 Å². The van der Waals surface area contributed by atoms with Crippen LogP contribution in [0.15, 0.2) is 12.1 Å². The highest BCUT2D eigenvalue weighted by Gasteiger charge is 2.26. The van der Waals surface area contributed by atoms with Gasteiger partial charge in [0.25, 0.3) is 5.91 Å². The van der Waals surface area contributed by atoms with Crippen LogP contribution in [0.25, 0.3) is 0 Å². The normalized spacial score (nSPS) is 18.7. The van der Waals surface area contributed by atoms with Gasteiger partial charge in [-0.15, -0.1) is 0 Å². The summed E-state index contributed by atoms with van der Waals surface area (Å²) < 4.78 is 32.1. The Labute approximate surface area is 129 Å². The highest BCUT2D eigenvalue weighted by molar-refractivity contribution is 5.97. The first-order valence-electron chi connectivity index (χ1n) is 7.48. The van der Waals surface area contributed by atoms with Gasteiger partial charge >= 0.3 is 0 Å². The Kier molecular flexibility index (Phi) is 5.34. The summed E-state index contributed by atoms with van der Waals surface area (Å²) in [4.78, 5) is 14.5. The Bertz CT molecular complexity index is 549. The molecule has 22 heavy (non-hydrogen) atoms. The summed E-state index contributed by atoms with van der Waals surface area (Å²) in [5, 5.41) is 2.69. The number of methoxy groups -OCH3 is 1. The van der Waals surface area contributed by atoms with E-state index in [1.807, 2.05) is 0 Å². The molecular weight excluding hydrogens is 290 g/mol. The van der Waals surface area contributed by atoms with Crippen LogP contribution in [0.2, 0.25) is 0 Å². The van der Waals surface area contributed by atoms with E-state index in [-0.39, 0.29) is 11.3 Å². The van der Waals surface area contributed by atoms with Crippen LogP contribution in [-0.4, -0.2) is 43.6 Å². The number of hydrogen-bond acceptors (Lipinski definition) is 3. The molecule has 1 N–H and O–H groups in total. The molecule has 1 heterocycles. The lowest BCUT2D eigenvalue weighted by atomic mass is 10.1. The zero-order valence-corrected chi connectivity index (χ0v) is 13.2. The van der Waals surface area contributed by atoms with Gasteiger partial charge in [0.15, 0.2) is 11.6 Å². The van der Waals surface area contributed by atoms with Gasteiger partial charge in [0, 0.05) is 19.1 Å². The Hall–Kier alpha value is -1.69. The standard InChI is InChI=1S/C16H22F2N2O2/c1-10(2)20-7-6-11(9-20)8-19-16(21)14-13(22-3)5-4-12(17)15(14)18/h4-5,10-11H,6-9H2,1-3H3,(H,19,21). The molecule has 1 aromatic carbocycles. The molecule has 1 aromatic rings. The molecule has 0 bridgehead atoms. The quantitative estimate of drug-likeness (QED) is 0.908. The molecule has 122 valence electrons. The van der Waals surface area contributed by atoms with Crippen molar-refractivity contribution in [3.63, 3.8) is 0 Å². The lowest BCUT2D eigenvalue weighted by molar-refractivity contribution is 0.0938. The molecule has 0 radical (unpaired) electrons. The predicted octanol–water partition coefficient (Wildman–Crippen LogP) is 2.43. The average molecular weight is 312 g/mol. The maximum atomic E-state index is 13.8. The lowest BCUT2D eigenvalue weighted by Gasteiger charge is -2.20. The van der Waals surface area contributed by atoms with Crippen LogP contribution in [0.5, 0.6) is 5.75 Å². The molecule has 0 aromatic heterocycles. The Morgan fingerprint density at radius 1 is 1.45 bits per heavy atom. The van der Waals surface area contributed by atoms with E-state index >= 15 is 0 Å². The van der Waals surface area contributed by atoms with Crippen molar-refractivity contribution in [3.8, 4) is 5.75 Å². The summed E-state index contributed by atoms with van der Waals surface area (Å²) in [6, 6.07) is 2.67. The zero-order chi connectivity index (χ0) is 16.3. The predicted molar refractivity (Wildman–Crippen MR) is 80.1 cm³/mol. The fourth-order valence-electron chi connectivity index (χ4n) is 2.74. The highest BCUT2D eigenvalue weighted by Crippen LogP contribution is 2.24. The molecule has 4 nitrogen and oxygen atoms in total. The summed E-state index contributed by atoms with van der Waals surface area (Å²) >= 11 is 0. The van der Waals surface area contributed by atoms with Crippen LogP contribution in [0.4, 0.5) is 8.78 Å². The van der Waals surface area contributed by atoms with Crippen LogP contribution >= 0.6 is 0 Å². The number of nitrogens with one attached hydrogen (secondary N) is 1. The summed E-state index contributed by atoms with van der Waals surface area (Å²) in [6.45, 7) is 6.61. The molecule has 1 aliphatic heterocycles. The maximum absolute atomic E-state index is 13.8. The van der Waals surface area contributed by atoms with E-state index in [4.69, 9.17) is 4.74 Å². The number of benzene rings is 1. The number of ether oxygens (including phenoxy) is 1. The van der Waals surface area contributed by atoms with E-state index in [2.05, 4.69) is 24.1 Å². The molecule has 1 fully saturated rings. The molecule has 1 aliphatic rings. The van der Waals surface area contributed by atoms with E-state index in [1.165, 1.54) is 13.2 Å². The van der Waals surface area contributed by atoms with Crippen molar-refractivity contribution in [1.29, 1.82) is 0 Å². The Morgan fingerprint density at radius 3 is 2.77 bits per heavy atom. The van der Waals surface area contributed by atoms with Gasteiger partial charge in [-0.1, -0.05) is 0 Å². The fourth-order valence-corrected chi connectivity index (χ4v) is 2.74. The Balaban J connectivity index is 2.00. The van der Waals surface area contributed by atoms with E-state index in [1.54, 1.807) is 0 Å². The first-order valence-corrected chi connectivity index (χ1v) is 7.48. The number of carbonyl (C=O) groups is 1. The van der Waals surface area contributed by atoms with E-state index in [0.717, 1.165) is 25.6 Å². The second-order valence-corrected chi connectivity index (χ2v) is 5.89. The van der Waals surface area contributed by atoms with Crippen molar-refractivity contribution in [1.82, 2.24) is 10.2 Å². The molecule has 0 saturated carbocycles. The van der Waals surface area contributed by atoms with Gasteiger partial charge in [0.05, 0.1) is 7.11 Å². The van der Waals surface area contributed by atoms with Crippen molar-refractivity contribution < 1.29 is 18.3 Å². The van der Waals surface area contributed by atoms with Crippen LogP contribution in [-0.2, 0) is 0 Å². The SMILES string of the molecule is COc1ccc(F)c(F)c1C(=O)NCC1CCN(C(C)C)C1. The molecule has 0 spiro atoms. The summed E-state index contributed by atoms with van der Waals surface area (Å²) in [5.41, 5.74) is -0.374. The van der Waals surface area contributed by atoms with Crippen molar-refractivity contribution >= 4 is 5.91 Å². The van der Waals surface area contributed by atoms with Gasteiger partial charge in [0.1, 0.15) is 11.3 Å². The topological polar surface area (TPSA) is 41.6 Å². The monoisotopic (exact) mass is 312 g/mol. The van der Waals surface area contributed by atoms with E-state index in [9.17, 15) is 13.6 Å². The molecule has 1 unspecified atom stereocenters. The number of carbonyl (C=O) groups excluding carboxylic acids is 1. The fraction of sp³-hybridized carbons (Fsp3) is 0.562. The molecule has 1 saturated heterocycles. The highest BCUT2D eigenvalue weighted by atomic mass is 19.2. The number of rotatable bonds is 5. The number of nitrogens with zero attached hydrogens (tertiary/aromatic N) is 1. The van der Waals surface area contributed by atoms with Crippen molar-refractivity contribution in [2.45, 2.75) is 26.3 Å². The van der Waals surface area contributed by atoms with Crippen molar-refractivity contribution in [2.75, 3.05) is 26.7 Å². The smallest absolute Gasteiger partial charge is 0.258 e. The minimum atomic E-state index is -1.17. The molecule has 1 atom stereocenters. The van der Waals surface area contributed by atoms with Crippen LogP contribution in [0.1, 0.15) is 30.6 Å². The van der Waals surface area contributed by atoms with Gasteiger partial charge in [-0.3, -0.25) is 4.79 Å². The van der Waals surface area contributed by atoms with Crippen LogP contribution in [0.3, 0.4) is 0 Å². The van der Waals surface area contributed by atoms with Gasteiger partial charge < -0.3 is 15.0 Å². The molecule has 1 amide bonds. The summed E-state index contributed by atoms with van der Waals surface area (Å²) in [6.07, 6.45) is 0.987. The third-order valence-electron chi connectivity index (χ3n) is 4.10.